The third-order valence-electron chi connectivity index (χ3n) is 4.97. The molecule has 0 radical (unpaired) electrons. The number of halogens is 3. The normalized spacial score (nSPS) is 11.9. The predicted octanol–water partition coefficient (Wildman–Crippen LogP) is 5.82. The fourth-order valence-electron chi connectivity index (χ4n) is 3.41. The Morgan fingerprint density at radius 3 is 2.64 bits per heavy atom. The number of rotatable bonds is 6. The second-order valence-electron chi connectivity index (χ2n) is 7.02. The fraction of sp³-hybridized carbons (Fsp3) is 0.182. The van der Waals surface area contributed by atoms with Gasteiger partial charge in [0.15, 0.2) is 5.76 Å². The van der Waals surface area contributed by atoms with Gasteiger partial charge in [-0.15, -0.1) is 5.10 Å². The number of nitrogens with zero attached hydrogens (tertiary/aromatic N) is 3. The number of ether oxygens (including phenoxy) is 3. The Hall–Kier alpha value is -3.73. The first kappa shape index (κ1) is 21.1. The summed E-state index contributed by atoms with van der Waals surface area (Å²) in [4.78, 5) is 5.12. The molecule has 5 aromatic rings. The summed E-state index contributed by atoms with van der Waals surface area (Å²) in [6.45, 7) is -0.275. The number of imidazole rings is 1. The number of aromatic nitrogens is 3. The standard InChI is InChI=1S/C22H16F3N3O4S/c1-29-13-7-17(31-11-12-5-3-4-6-15(12)22(23,24)25)14-9-19(32-18(14)8-13)16-10-28-20(26-16)33-21(27-28)30-2/h3-10H,11H2,1-2H3. The highest BCUT2D eigenvalue weighted by Crippen LogP contribution is 2.38. The van der Waals surface area contributed by atoms with Crippen LogP contribution in [-0.4, -0.2) is 28.8 Å². The highest BCUT2D eigenvalue weighted by atomic mass is 32.1. The van der Waals surface area contributed by atoms with Crippen LogP contribution in [0.15, 0.2) is 53.1 Å². The summed E-state index contributed by atoms with van der Waals surface area (Å²) in [5.74, 6) is 1.23. The summed E-state index contributed by atoms with van der Waals surface area (Å²) in [7, 11) is 3.01. The van der Waals surface area contributed by atoms with Crippen molar-refractivity contribution in [2.75, 3.05) is 14.2 Å². The maximum Gasteiger partial charge on any atom is 0.416 e. The summed E-state index contributed by atoms with van der Waals surface area (Å²) in [6, 6.07) is 10.3. The van der Waals surface area contributed by atoms with E-state index in [1.807, 2.05) is 0 Å². The van der Waals surface area contributed by atoms with E-state index >= 15 is 0 Å². The van der Waals surface area contributed by atoms with E-state index in [0.717, 1.165) is 6.07 Å². The molecule has 0 amide bonds. The minimum atomic E-state index is -4.48. The van der Waals surface area contributed by atoms with E-state index in [4.69, 9.17) is 18.6 Å². The van der Waals surface area contributed by atoms with E-state index in [-0.39, 0.29) is 12.2 Å². The molecule has 33 heavy (non-hydrogen) atoms. The van der Waals surface area contributed by atoms with Gasteiger partial charge in [-0.1, -0.05) is 18.2 Å². The molecule has 0 fully saturated rings. The number of fused-ring (bicyclic) bond motifs is 2. The largest absolute Gasteiger partial charge is 0.496 e. The molecule has 0 bridgehead atoms. The van der Waals surface area contributed by atoms with E-state index in [0.29, 0.717) is 44.1 Å². The molecule has 0 saturated carbocycles. The SMILES string of the molecule is COc1cc(OCc2ccccc2C(F)(F)F)c2cc(-c3cn4nc(OC)sc4n3)oc2c1. The highest BCUT2D eigenvalue weighted by molar-refractivity contribution is 7.18. The first-order chi connectivity index (χ1) is 15.9. The van der Waals surface area contributed by atoms with Crippen LogP contribution in [-0.2, 0) is 12.8 Å². The number of alkyl halides is 3. The average Bonchev–Trinajstić information content (AvgIpc) is 3.49. The number of furan rings is 1. The Bertz CT molecular complexity index is 1420. The summed E-state index contributed by atoms with van der Waals surface area (Å²) >= 11 is 1.28. The van der Waals surface area contributed by atoms with Crippen LogP contribution in [0.4, 0.5) is 13.2 Å². The second-order valence-corrected chi connectivity index (χ2v) is 7.94. The van der Waals surface area contributed by atoms with Gasteiger partial charge in [0.05, 0.1) is 31.4 Å². The lowest BCUT2D eigenvalue weighted by Gasteiger charge is -2.14. The summed E-state index contributed by atoms with van der Waals surface area (Å²) in [5.41, 5.74) is 0.280. The molecule has 0 aliphatic rings. The molecule has 3 heterocycles. The molecule has 0 saturated heterocycles. The summed E-state index contributed by atoms with van der Waals surface area (Å²) < 4.78 is 63.8. The third kappa shape index (κ3) is 3.95. The summed E-state index contributed by atoms with van der Waals surface area (Å²) in [5, 5.41) is 5.30. The van der Waals surface area contributed by atoms with Gasteiger partial charge in [0.1, 0.15) is 29.4 Å². The Balaban J connectivity index is 1.51. The maximum atomic E-state index is 13.3. The zero-order valence-corrected chi connectivity index (χ0v) is 18.2. The molecule has 0 aliphatic heterocycles. The van der Waals surface area contributed by atoms with E-state index in [1.54, 1.807) is 35.0 Å². The molecular formula is C22H16F3N3O4S. The minimum Gasteiger partial charge on any atom is -0.496 e. The van der Waals surface area contributed by atoms with Gasteiger partial charge < -0.3 is 18.6 Å². The predicted molar refractivity (Wildman–Crippen MR) is 115 cm³/mol. The zero-order valence-electron chi connectivity index (χ0n) is 17.3. The first-order valence-corrected chi connectivity index (χ1v) is 10.5. The van der Waals surface area contributed by atoms with Crippen LogP contribution in [0.3, 0.4) is 0 Å². The van der Waals surface area contributed by atoms with E-state index in [2.05, 4.69) is 10.1 Å². The van der Waals surface area contributed by atoms with Crippen LogP contribution in [0.1, 0.15) is 11.1 Å². The molecule has 0 unspecified atom stereocenters. The highest BCUT2D eigenvalue weighted by Gasteiger charge is 2.33. The van der Waals surface area contributed by atoms with E-state index < -0.39 is 11.7 Å². The van der Waals surface area contributed by atoms with Crippen LogP contribution in [0.2, 0.25) is 0 Å². The van der Waals surface area contributed by atoms with Crippen molar-refractivity contribution in [3.8, 4) is 28.1 Å². The first-order valence-electron chi connectivity index (χ1n) is 9.66. The van der Waals surface area contributed by atoms with Gasteiger partial charge in [-0.05, 0) is 23.5 Å². The molecule has 0 N–H and O–H groups in total. The van der Waals surface area contributed by atoms with Crippen molar-refractivity contribution >= 4 is 27.3 Å². The molecule has 0 aliphatic carbocycles. The topological polar surface area (TPSA) is 71.0 Å². The lowest BCUT2D eigenvalue weighted by Crippen LogP contribution is -2.10. The quantitative estimate of drug-likeness (QED) is 0.308. The second kappa shape index (κ2) is 8.00. The van der Waals surface area contributed by atoms with Crippen LogP contribution in [0, 0.1) is 0 Å². The number of hydrogen-bond donors (Lipinski definition) is 0. The van der Waals surface area contributed by atoms with Gasteiger partial charge in [-0.25, -0.2) is 9.50 Å². The number of benzene rings is 2. The van der Waals surface area contributed by atoms with Crippen molar-refractivity contribution in [2.45, 2.75) is 12.8 Å². The van der Waals surface area contributed by atoms with Crippen molar-refractivity contribution in [3.05, 3.63) is 59.8 Å². The van der Waals surface area contributed by atoms with Crippen LogP contribution < -0.4 is 14.2 Å². The Morgan fingerprint density at radius 2 is 1.91 bits per heavy atom. The van der Waals surface area contributed by atoms with Crippen molar-refractivity contribution in [1.82, 2.24) is 14.6 Å². The van der Waals surface area contributed by atoms with Crippen molar-refractivity contribution in [1.29, 1.82) is 0 Å². The molecule has 3 aromatic heterocycles. The molecule has 0 atom stereocenters. The summed E-state index contributed by atoms with van der Waals surface area (Å²) in [6.07, 6.45) is -2.78. The zero-order chi connectivity index (χ0) is 23.2. The third-order valence-corrected chi connectivity index (χ3v) is 5.85. The van der Waals surface area contributed by atoms with Gasteiger partial charge in [-0.3, -0.25) is 0 Å². The van der Waals surface area contributed by atoms with Gasteiger partial charge in [-0.2, -0.15) is 13.2 Å². The fourth-order valence-corrected chi connectivity index (χ4v) is 4.11. The number of hydrogen-bond acceptors (Lipinski definition) is 7. The van der Waals surface area contributed by atoms with Crippen LogP contribution in [0.5, 0.6) is 16.7 Å². The smallest absolute Gasteiger partial charge is 0.416 e. The monoisotopic (exact) mass is 475 g/mol. The maximum absolute atomic E-state index is 13.3. The van der Waals surface area contributed by atoms with Crippen molar-refractivity contribution in [3.63, 3.8) is 0 Å². The van der Waals surface area contributed by atoms with E-state index in [1.165, 1.54) is 37.7 Å². The van der Waals surface area contributed by atoms with Gasteiger partial charge in [0, 0.05) is 17.7 Å². The van der Waals surface area contributed by atoms with Gasteiger partial charge in [0.2, 0.25) is 4.96 Å². The molecule has 7 nitrogen and oxygen atoms in total. The Labute approximate surface area is 188 Å². The minimum absolute atomic E-state index is 0.0269. The lowest BCUT2D eigenvalue weighted by atomic mass is 10.1. The van der Waals surface area contributed by atoms with Gasteiger partial charge >= 0.3 is 6.18 Å². The molecule has 2 aromatic carbocycles. The van der Waals surface area contributed by atoms with Gasteiger partial charge in [0.25, 0.3) is 5.19 Å². The molecule has 170 valence electrons. The molecule has 0 spiro atoms. The lowest BCUT2D eigenvalue weighted by molar-refractivity contribution is -0.138. The van der Waals surface area contributed by atoms with E-state index in [9.17, 15) is 13.2 Å². The van der Waals surface area contributed by atoms with Crippen molar-refractivity contribution in [2.24, 2.45) is 0 Å². The average molecular weight is 475 g/mol. The molecular weight excluding hydrogens is 459 g/mol. The van der Waals surface area contributed by atoms with Crippen LogP contribution >= 0.6 is 11.3 Å². The molecule has 5 rings (SSSR count). The number of methoxy groups -OCH3 is 2. The Morgan fingerprint density at radius 1 is 1.09 bits per heavy atom. The molecule has 11 heteroatoms. The van der Waals surface area contributed by atoms with Crippen molar-refractivity contribution < 1.29 is 31.8 Å². The van der Waals surface area contributed by atoms with Crippen LogP contribution in [0.25, 0.3) is 27.4 Å². The Kier molecular flexibility index (Phi) is 5.12.